The zero-order valence-corrected chi connectivity index (χ0v) is 15.0. The number of anilines is 1. The number of carbonyl (C=O) groups excluding carboxylic acids is 1. The summed E-state index contributed by atoms with van der Waals surface area (Å²) in [6, 6.07) is 3.71. The first kappa shape index (κ1) is 16.9. The van der Waals surface area contributed by atoms with Crippen LogP contribution in [0, 0.1) is 6.92 Å². The number of pyridine rings is 1. The van der Waals surface area contributed by atoms with Crippen molar-refractivity contribution in [2.24, 2.45) is 0 Å². The highest BCUT2D eigenvalue weighted by Crippen LogP contribution is 2.16. The standard InChI is InChI=1S/C15H19ClN6OS/c1-11-19-20-14(24-11)4-5-17-15(23)22-8-6-21(7-9-22)13-3-2-12(16)10-18-13/h2-3,10H,4-9H2,1H3,(H,17,23). The summed E-state index contributed by atoms with van der Waals surface area (Å²) in [5.74, 6) is 0.895. The van der Waals surface area contributed by atoms with Crippen LogP contribution in [0.25, 0.3) is 0 Å². The number of aryl methyl sites for hydroxylation is 1. The van der Waals surface area contributed by atoms with Crippen LogP contribution in [0.15, 0.2) is 18.3 Å². The van der Waals surface area contributed by atoms with Gasteiger partial charge in [-0.1, -0.05) is 11.6 Å². The number of halogens is 1. The van der Waals surface area contributed by atoms with Gasteiger partial charge in [0.2, 0.25) is 0 Å². The summed E-state index contributed by atoms with van der Waals surface area (Å²) in [4.78, 5) is 20.5. The van der Waals surface area contributed by atoms with Gasteiger partial charge in [0.15, 0.2) is 0 Å². The fourth-order valence-electron chi connectivity index (χ4n) is 2.52. The maximum absolute atomic E-state index is 12.2. The molecule has 128 valence electrons. The molecule has 7 nitrogen and oxygen atoms in total. The lowest BCUT2D eigenvalue weighted by molar-refractivity contribution is 0.194. The van der Waals surface area contributed by atoms with E-state index in [1.807, 2.05) is 24.0 Å². The van der Waals surface area contributed by atoms with E-state index in [-0.39, 0.29) is 6.03 Å². The van der Waals surface area contributed by atoms with Gasteiger partial charge in [0.1, 0.15) is 15.8 Å². The molecule has 1 aliphatic rings. The van der Waals surface area contributed by atoms with Crippen molar-refractivity contribution in [2.45, 2.75) is 13.3 Å². The predicted molar refractivity (Wildman–Crippen MR) is 94.8 cm³/mol. The van der Waals surface area contributed by atoms with Crippen LogP contribution in [0.2, 0.25) is 5.02 Å². The third-order valence-corrected chi connectivity index (χ3v) is 4.91. The fraction of sp³-hybridized carbons (Fsp3) is 0.467. The SMILES string of the molecule is Cc1nnc(CCNC(=O)N2CCN(c3ccc(Cl)cn3)CC2)s1. The zero-order valence-electron chi connectivity index (χ0n) is 13.4. The van der Waals surface area contributed by atoms with Crippen LogP contribution in [-0.2, 0) is 6.42 Å². The van der Waals surface area contributed by atoms with E-state index < -0.39 is 0 Å². The third kappa shape index (κ3) is 4.33. The molecule has 0 saturated carbocycles. The smallest absolute Gasteiger partial charge is 0.317 e. The van der Waals surface area contributed by atoms with E-state index in [0.717, 1.165) is 28.9 Å². The molecule has 0 bridgehead atoms. The Hall–Kier alpha value is -1.93. The van der Waals surface area contributed by atoms with Gasteiger partial charge >= 0.3 is 6.03 Å². The Labute approximate surface area is 149 Å². The molecule has 0 unspecified atom stereocenters. The molecular formula is C15H19ClN6OS. The minimum absolute atomic E-state index is 0.0278. The normalized spacial score (nSPS) is 14.8. The van der Waals surface area contributed by atoms with E-state index in [2.05, 4.69) is 25.4 Å². The molecule has 1 fully saturated rings. The molecule has 0 radical (unpaired) electrons. The number of aromatic nitrogens is 3. The minimum atomic E-state index is -0.0278. The number of hydrogen-bond donors (Lipinski definition) is 1. The third-order valence-electron chi connectivity index (χ3n) is 3.79. The molecule has 9 heteroatoms. The molecule has 24 heavy (non-hydrogen) atoms. The molecule has 0 aliphatic carbocycles. The molecule has 3 rings (SSSR count). The van der Waals surface area contributed by atoms with Crippen molar-refractivity contribution in [3.8, 4) is 0 Å². The lowest BCUT2D eigenvalue weighted by atomic mass is 10.3. The fourth-order valence-corrected chi connectivity index (χ4v) is 3.34. The Bertz CT molecular complexity index is 684. The Morgan fingerprint density at radius 3 is 2.71 bits per heavy atom. The summed E-state index contributed by atoms with van der Waals surface area (Å²) in [5, 5.41) is 13.5. The van der Waals surface area contributed by atoms with Crippen molar-refractivity contribution >= 4 is 34.8 Å². The number of nitrogens with one attached hydrogen (secondary N) is 1. The molecule has 1 saturated heterocycles. The number of carbonyl (C=O) groups is 1. The summed E-state index contributed by atoms with van der Waals surface area (Å²) < 4.78 is 0. The zero-order chi connectivity index (χ0) is 16.9. The summed E-state index contributed by atoms with van der Waals surface area (Å²) in [5.41, 5.74) is 0. The summed E-state index contributed by atoms with van der Waals surface area (Å²) >= 11 is 7.42. The highest BCUT2D eigenvalue weighted by molar-refractivity contribution is 7.11. The lowest BCUT2D eigenvalue weighted by Crippen LogP contribution is -2.52. The minimum Gasteiger partial charge on any atom is -0.353 e. The molecule has 2 aromatic rings. The quantitative estimate of drug-likeness (QED) is 0.895. The molecule has 2 amide bonds. The monoisotopic (exact) mass is 366 g/mol. The van der Waals surface area contributed by atoms with Gasteiger partial charge in [-0.2, -0.15) is 0 Å². The van der Waals surface area contributed by atoms with Gasteiger partial charge in [-0.05, 0) is 19.1 Å². The average Bonchev–Trinajstić information content (AvgIpc) is 3.01. The lowest BCUT2D eigenvalue weighted by Gasteiger charge is -2.35. The van der Waals surface area contributed by atoms with Gasteiger partial charge in [0.25, 0.3) is 0 Å². The summed E-state index contributed by atoms with van der Waals surface area (Å²) in [6.07, 6.45) is 2.36. The highest BCUT2D eigenvalue weighted by atomic mass is 35.5. The number of hydrogen-bond acceptors (Lipinski definition) is 6. The molecule has 1 N–H and O–H groups in total. The van der Waals surface area contributed by atoms with Crippen molar-refractivity contribution in [1.29, 1.82) is 0 Å². The van der Waals surface area contributed by atoms with Gasteiger partial charge in [0, 0.05) is 45.3 Å². The Morgan fingerprint density at radius 1 is 1.29 bits per heavy atom. The molecular weight excluding hydrogens is 348 g/mol. The molecule has 2 aromatic heterocycles. The Morgan fingerprint density at radius 2 is 2.08 bits per heavy atom. The van der Waals surface area contributed by atoms with E-state index in [0.29, 0.717) is 31.1 Å². The van der Waals surface area contributed by atoms with E-state index >= 15 is 0 Å². The predicted octanol–water partition coefficient (Wildman–Crippen LogP) is 1.97. The van der Waals surface area contributed by atoms with Gasteiger partial charge in [-0.25, -0.2) is 9.78 Å². The van der Waals surface area contributed by atoms with Gasteiger partial charge in [-0.3, -0.25) is 0 Å². The van der Waals surface area contributed by atoms with Crippen LogP contribution in [0.1, 0.15) is 10.0 Å². The van der Waals surface area contributed by atoms with Gasteiger partial charge in [0.05, 0.1) is 5.02 Å². The van der Waals surface area contributed by atoms with Crippen LogP contribution in [-0.4, -0.2) is 58.8 Å². The van der Waals surface area contributed by atoms with Crippen molar-refractivity contribution in [3.63, 3.8) is 0 Å². The van der Waals surface area contributed by atoms with Crippen LogP contribution in [0.4, 0.5) is 10.6 Å². The maximum Gasteiger partial charge on any atom is 0.317 e. The van der Waals surface area contributed by atoms with Crippen molar-refractivity contribution in [3.05, 3.63) is 33.4 Å². The van der Waals surface area contributed by atoms with E-state index in [9.17, 15) is 4.79 Å². The summed E-state index contributed by atoms with van der Waals surface area (Å²) in [7, 11) is 0. The van der Waals surface area contributed by atoms with E-state index in [1.54, 1.807) is 17.5 Å². The van der Waals surface area contributed by atoms with Crippen LogP contribution >= 0.6 is 22.9 Å². The first-order valence-corrected chi connectivity index (χ1v) is 8.99. The van der Waals surface area contributed by atoms with E-state index in [1.165, 1.54) is 0 Å². The number of amides is 2. The molecule has 0 aromatic carbocycles. The number of rotatable bonds is 4. The molecule has 0 spiro atoms. The van der Waals surface area contributed by atoms with Crippen LogP contribution in [0.3, 0.4) is 0 Å². The first-order valence-electron chi connectivity index (χ1n) is 7.80. The number of nitrogens with zero attached hydrogens (tertiary/aromatic N) is 5. The average molecular weight is 367 g/mol. The van der Waals surface area contributed by atoms with Gasteiger partial charge in [-0.15, -0.1) is 21.5 Å². The van der Waals surface area contributed by atoms with Crippen molar-refractivity contribution in [1.82, 2.24) is 25.4 Å². The second kappa shape index (κ2) is 7.76. The maximum atomic E-state index is 12.2. The molecule has 3 heterocycles. The topological polar surface area (TPSA) is 74.2 Å². The molecule has 1 aliphatic heterocycles. The van der Waals surface area contributed by atoms with Crippen LogP contribution < -0.4 is 10.2 Å². The largest absolute Gasteiger partial charge is 0.353 e. The van der Waals surface area contributed by atoms with E-state index in [4.69, 9.17) is 11.6 Å². The number of urea groups is 1. The van der Waals surface area contributed by atoms with Gasteiger partial charge < -0.3 is 15.1 Å². The Kier molecular flexibility index (Phi) is 5.47. The Balaban J connectivity index is 1.42. The first-order chi connectivity index (χ1) is 11.6. The molecule has 0 atom stereocenters. The number of piperazine rings is 1. The van der Waals surface area contributed by atoms with Crippen molar-refractivity contribution in [2.75, 3.05) is 37.6 Å². The second-order valence-corrected chi connectivity index (χ2v) is 7.21. The second-order valence-electron chi connectivity index (χ2n) is 5.51. The summed E-state index contributed by atoms with van der Waals surface area (Å²) in [6.45, 7) is 5.37. The van der Waals surface area contributed by atoms with Crippen LogP contribution in [0.5, 0.6) is 0 Å². The van der Waals surface area contributed by atoms with Crippen molar-refractivity contribution < 1.29 is 4.79 Å². The highest BCUT2D eigenvalue weighted by Gasteiger charge is 2.21.